The third-order valence-corrected chi connectivity index (χ3v) is 15.5. The zero-order valence-corrected chi connectivity index (χ0v) is 43.6. The average molecular weight is 1020 g/mol. The molecule has 0 unspecified atom stereocenters. The van der Waals surface area contributed by atoms with Crippen LogP contribution in [0.25, 0.3) is 99.7 Å². The molecule has 0 atom stereocenters. The first-order chi connectivity index (χ1) is 39.7. The number of para-hydroxylation sites is 7. The van der Waals surface area contributed by atoms with Gasteiger partial charge in [-0.25, -0.2) is 9.97 Å². The standard InChI is InChI=1S/C74H50N6/c1-4-19-51(20-5-1)62-29-18-30-67-74(62)76-73(53-37-41-57(42-38-53)78(55-23-8-3-9-24-55)59-45-49-61(50-46-59)80-70-33-16-12-27-65(70)66-28-13-17-34-71(66)80)72(75-67)52-35-39-56(40-36-52)77(54-21-6-2-7-22-54)58-43-47-60(48-44-58)79-68-31-14-10-25-63(68)64-26-11-15-32-69(64)79/h1-50H. The molecule has 0 amide bonds. The predicted octanol–water partition coefficient (Wildman–Crippen LogP) is 19.8. The van der Waals surface area contributed by atoms with Gasteiger partial charge in [0, 0.05) is 83.7 Å². The Morgan fingerprint density at radius 2 is 0.562 bits per heavy atom. The van der Waals surface area contributed by atoms with Crippen molar-refractivity contribution in [3.05, 3.63) is 303 Å². The first-order valence-electron chi connectivity index (χ1n) is 27.1. The molecule has 80 heavy (non-hydrogen) atoms. The smallest absolute Gasteiger partial charge is 0.0973 e. The highest BCUT2D eigenvalue weighted by Gasteiger charge is 2.21. The van der Waals surface area contributed by atoms with Crippen LogP contribution in [0.15, 0.2) is 303 Å². The normalized spacial score (nSPS) is 11.5. The molecule has 0 N–H and O–H groups in total. The predicted molar refractivity (Wildman–Crippen MR) is 334 cm³/mol. The maximum absolute atomic E-state index is 5.60. The molecule has 0 bridgehead atoms. The van der Waals surface area contributed by atoms with Gasteiger partial charge in [-0.15, -0.1) is 0 Å². The topological polar surface area (TPSA) is 42.1 Å². The average Bonchev–Trinajstić information content (AvgIpc) is 4.12. The summed E-state index contributed by atoms with van der Waals surface area (Å²) in [6.07, 6.45) is 0. The second kappa shape index (κ2) is 19.6. The van der Waals surface area contributed by atoms with Gasteiger partial charge in [0.1, 0.15) is 0 Å². The van der Waals surface area contributed by atoms with Crippen LogP contribution in [0.3, 0.4) is 0 Å². The Labute approximate surface area is 463 Å². The van der Waals surface area contributed by atoms with Crippen LogP contribution in [0.2, 0.25) is 0 Å². The van der Waals surface area contributed by atoms with Gasteiger partial charge >= 0.3 is 0 Å². The maximum Gasteiger partial charge on any atom is 0.0973 e. The van der Waals surface area contributed by atoms with Crippen molar-refractivity contribution in [2.24, 2.45) is 0 Å². The van der Waals surface area contributed by atoms with Crippen LogP contribution in [0.1, 0.15) is 0 Å². The summed E-state index contributed by atoms with van der Waals surface area (Å²) in [4.78, 5) is 15.7. The van der Waals surface area contributed by atoms with Gasteiger partial charge in [-0.05, 0) is 133 Å². The molecule has 6 nitrogen and oxygen atoms in total. The lowest BCUT2D eigenvalue weighted by atomic mass is 10.00. The summed E-state index contributed by atoms with van der Waals surface area (Å²) in [5, 5.41) is 4.98. The number of hydrogen-bond donors (Lipinski definition) is 0. The number of benzene rings is 12. The molecule has 376 valence electrons. The van der Waals surface area contributed by atoms with Crippen molar-refractivity contribution in [2.45, 2.75) is 0 Å². The lowest BCUT2D eigenvalue weighted by Crippen LogP contribution is -2.10. The van der Waals surface area contributed by atoms with Gasteiger partial charge in [-0.1, -0.05) is 176 Å². The molecule has 6 heteroatoms. The highest BCUT2D eigenvalue weighted by atomic mass is 15.1. The Morgan fingerprint density at radius 1 is 0.237 bits per heavy atom. The van der Waals surface area contributed by atoms with Gasteiger partial charge in [-0.3, -0.25) is 0 Å². The number of rotatable bonds is 11. The summed E-state index contributed by atoms with van der Waals surface area (Å²) in [6, 6.07) is 108. The summed E-state index contributed by atoms with van der Waals surface area (Å²) >= 11 is 0. The lowest BCUT2D eigenvalue weighted by Gasteiger charge is -2.26. The van der Waals surface area contributed by atoms with Gasteiger partial charge in [0.2, 0.25) is 0 Å². The molecular weight excluding hydrogens is 973 g/mol. The second-order valence-corrected chi connectivity index (χ2v) is 20.2. The molecule has 0 aliphatic heterocycles. The molecule has 15 rings (SSSR count). The van der Waals surface area contributed by atoms with Gasteiger partial charge in [0.15, 0.2) is 0 Å². The Balaban J connectivity index is 0.814. The van der Waals surface area contributed by atoms with E-state index in [9.17, 15) is 0 Å². The van der Waals surface area contributed by atoms with E-state index < -0.39 is 0 Å². The van der Waals surface area contributed by atoms with Crippen LogP contribution in [0, 0.1) is 0 Å². The maximum atomic E-state index is 5.60. The van der Waals surface area contributed by atoms with Crippen molar-refractivity contribution in [3.63, 3.8) is 0 Å². The minimum atomic E-state index is 0.808. The Hall–Kier alpha value is -10.8. The van der Waals surface area contributed by atoms with Crippen LogP contribution < -0.4 is 9.80 Å². The molecular formula is C74H50N6. The van der Waals surface area contributed by atoms with Gasteiger partial charge in [-0.2, -0.15) is 0 Å². The summed E-state index contributed by atoms with van der Waals surface area (Å²) < 4.78 is 4.72. The fourth-order valence-electron chi connectivity index (χ4n) is 11.8. The van der Waals surface area contributed by atoms with Crippen LogP contribution in [-0.2, 0) is 0 Å². The van der Waals surface area contributed by atoms with E-state index in [1.54, 1.807) is 0 Å². The summed E-state index contributed by atoms with van der Waals surface area (Å²) in [5.41, 5.74) is 20.6. The van der Waals surface area contributed by atoms with Crippen LogP contribution in [0.4, 0.5) is 34.1 Å². The molecule has 12 aromatic carbocycles. The largest absolute Gasteiger partial charge is 0.311 e. The molecule has 0 saturated heterocycles. The minimum absolute atomic E-state index is 0.808. The highest BCUT2D eigenvalue weighted by Crippen LogP contribution is 2.42. The quantitative estimate of drug-likeness (QED) is 0.129. The van der Waals surface area contributed by atoms with Crippen molar-refractivity contribution >= 4 is 88.8 Å². The lowest BCUT2D eigenvalue weighted by molar-refractivity contribution is 1.17. The fourth-order valence-corrected chi connectivity index (χ4v) is 11.8. The van der Waals surface area contributed by atoms with E-state index in [0.29, 0.717) is 0 Å². The summed E-state index contributed by atoms with van der Waals surface area (Å²) in [5.74, 6) is 0. The van der Waals surface area contributed by atoms with Crippen LogP contribution >= 0.6 is 0 Å². The summed E-state index contributed by atoms with van der Waals surface area (Å²) in [7, 11) is 0. The van der Waals surface area contributed by atoms with Gasteiger partial charge in [0.05, 0.1) is 44.5 Å². The first-order valence-corrected chi connectivity index (χ1v) is 27.1. The first kappa shape index (κ1) is 46.5. The second-order valence-electron chi connectivity index (χ2n) is 20.2. The van der Waals surface area contributed by atoms with Gasteiger partial charge in [0.25, 0.3) is 0 Å². The van der Waals surface area contributed by atoms with E-state index >= 15 is 0 Å². The van der Waals surface area contributed by atoms with Crippen LogP contribution in [0.5, 0.6) is 0 Å². The monoisotopic (exact) mass is 1020 g/mol. The highest BCUT2D eigenvalue weighted by molar-refractivity contribution is 6.10. The third kappa shape index (κ3) is 8.05. The molecule has 0 aliphatic carbocycles. The van der Waals surface area contributed by atoms with Gasteiger partial charge < -0.3 is 18.9 Å². The Morgan fingerprint density at radius 3 is 0.963 bits per heavy atom. The zero-order valence-electron chi connectivity index (χ0n) is 43.6. The molecule has 3 heterocycles. The van der Waals surface area contributed by atoms with E-state index in [-0.39, 0.29) is 0 Å². The van der Waals surface area contributed by atoms with E-state index in [0.717, 1.165) is 90.2 Å². The number of hydrogen-bond acceptors (Lipinski definition) is 4. The molecule has 0 saturated carbocycles. The van der Waals surface area contributed by atoms with Crippen molar-refractivity contribution < 1.29 is 0 Å². The fraction of sp³-hybridized carbons (Fsp3) is 0. The molecule has 0 spiro atoms. The van der Waals surface area contributed by atoms with Crippen molar-refractivity contribution in [2.75, 3.05) is 9.80 Å². The third-order valence-electron chi connectivity index (χ3n) is 15.5. The number of nitrogens with zero attached hydrogens (tertiary/aromatic N) is 6. The van der Waals surface area contributed by atoms with Crippen molar-refractivity contribution in [3.8, 4) is 45.0 Å². The summed E-state index contributed by atoms with van der Waals surface area (Å²) in [6.45, 7) is 0. The van der Waals surface area contributed by atoms with Crippen molar-refractivity contribution in [1.29, 1.82) is 0 Å². The van der Waals surface area contributed by atoms with E-state index in [1.165, 1.54) is 43.6 Å². The zero-order chi connectivity index (χ0) is 52.9. The Kier molecular flexibility index (Phi) is 11.4. The van der Waals surface area contributed by atoms with Crippen LogP contribution in [-0.4, -0.2) is 19.1 Å². The van der Waals surface area contributed by atoms with E-state index in [1.807, 2.05) is 0 Å². The molecule has 15 aromatic rings. The molecule has 0 radical (unpaired) electrons. The minimum Gasteiger partial charge on any atom is -0.311 e. The van der Waals surface area contributed by atoms with E-state index in [2.05, 4.69) is 322 Å². The number of anilines is 6. The van der Waals surface area contributed by atoms with E-state index in [4.69, 9.17) is 9.97 Å². The number of fused-ring (bicyclic) bond motifs is 7. The van der Waals surface area contributed by atoms with Crippen molar-refractivity contribution in [1.82, 2.24) is 19.1 Å². The Bertz CT molecular complexity index is 4620. The number of aromatic nitrogens is 4. The molecule has 0 fully saturated rings. The SMILES string of the molecule is c1ccc(-c2cccc3nc(-c4ccc(N(c5ccccc5)c5ccc(-n6c7ccccc7c7ccccc76)cc5)cc4)c(-c4ccc(N(c5ccccc5)c5ccc(-n6c7ccccc7c7ccccc76)cc5)cc4)nc23)cc1. The molecule has 0 aliphatic rings. The molecule has 3 aromatic heterocycles.